The van der Waals surface area contributed by atoms with Gasteiger partial charge in [-0.2, -0.15) is 5.01 Å². The molecular formula is C20H15ClN4O2S3. The number of carbonyl (C=O) groups excluding carboxylic acids is 2. The number of imide groups is 1. The standard InChI is InChI=1S/C20H14N4O2S3.ClH/c1-10-8-15(25)24(20(10)26)23-18-16-12(13-4-3-7-27-13)9-28-19(16)22-17(21-18)14-6-5-11(2)29-14;/h3-9H,1-2H3,(H,21,22,23);1H. The number of aromatic nitrogens is 2. The van der Waals surface area contributed by atoms with Gasteiger partial charge < -0.3 is 0 Å². The zero-order valence-electron chi connectivity index (χ0n) is 15.8. The fraction of sp³-hybridized carbons (Fsp3) is 0.100. The Hall–Kier alpha value is -2.59. The predicted molar refractivity (Wildman–Crippen MR) is 125 cm³/mol. The van der Waals surface area contributed by atoms with Crippen LogP contribution in [0.1, 0.15) is 11.8 Å². The van der Waals surface area contributed by atoms with Crippen LogP contribution in [0.25, 0.3) is 31.4 Å². The maximum atomic E-state index is 12.4. The summed E-state index contributed by atoms with van der Waals surface area (Å²) in [5, 5.41) is 5.86. The Kier molecular flexibility index (Phi) is 5.46. The molecule has 0 saturated heterocycles. The molecule has 5 heterocycles. The molecule has 1 N–H and O–H groups in total. The molecule has 0 radical (unpaired) electrons. The van der Waals surface area contributed by atoms with Gasteiger partial charge in [-0.05, 0) is 37.4 Å². The summed E-state index contributed by atoms with van der Waals surface area (Å²) < 4.78 is 0. The van der Waals surface area contributed by atoms with Crippen LogP contribution in [0.5, 0.6) is 0 Å². The van der Waals surface area contributed by atoms with Crippen LogP contribution >= 0.6 is 46.4 Å². The summed E-state index contributed by atoms with van der Waals surface area (Å²) in [6.45, 7) is 3.65. The van der Waals surface area contributed by atoms with Gasteiger partial charge in [-0.25, -0.2) is 9.97 Å². The van der Waals surface area contributed by atoms with E-state index in [4.69, 9.17) is 9.97 Å². The molecule has 152 valence electrons. The van der Waals surface area contributed by atoms with Gasteiger partial charge >= 0.3 is 0 Å². The smallest absolute Gasteiger partial charge is 0.271 e. The Bertz CT molecular complexity index is 1310. The first-order valence-corrected chi connectivity index (χ1v) is 11.3. The number of halogens is 1. The highest BCUT2D eigenvalue weighted by Crippen LogP contribution is 2.40. The Morgan fingerprint density at radius 2 is 1.87 bits per heavy atom. The third-order valence-electron chi connectivity index (χ3n) is 4.50. The number of nitrogens with one attached hydrogen (secondary N) is 1. The lowest BCUT2D eigenvalue weighted by molar-refractivity contribution is -0.135. The fourth-order valence-electron chi connectivity index (χ4n) is 3.10. The van der Waals surface area contributed by atoms with Gasteiger partial charge in [-0.1, -0.05) is 6.07 Å². The van der Waals surface area contributed by atoms with Crippen molar-refractivity contribution in [1.82, 2.24) is 15.0 Å². The van der Waals surface area contributed by atoms with Crippen LogP contribution < -0.4 is 5.43 Å². The minimum atomic E-state index is -0.402. The third kappa shape index (κ3) is 3.43. The molecule has 2 amide bonds. The number of hydrogen-bond acceptors (Lipinski definition) is 8. The van der Waals surface area contributed by atoms with E-state index in [0.717, 1.165) is 35.4 Å². The fourth-order valence-corrected chi connectivity index (χ4v) is 5.66. The first-order chi connectivity index (χ1) is 14.0. The molecule has 0 spiro atoms. The van der Waals surface area contributed by atoms with Crippen LogP contribution in [0.15, 0.2) is 46.7 Å². The lowest BCUT2D eigenvalue weighted by Gasteiger charge is -2.17. The molecule has 6 nitrogen and oxygen atoms in total. The number of rotatable bonds is 4. The molecule has 4 aromatic heterocycles. The number of thiophene rings is 3. The quantitative estimate of drug-likeness (QED) is 0.394. The van der Waals surface area contributed by atoms with Crippen molar-refractivity contribution >= 4 is 74.3 Å². The Balaban J connectivity index is 0.00000218. The average Bonchev–Trinajstić information content (AvgIpc) is 3.46. The number of fused-ring (bicyclic) bond motifs is 1. The number of nitrogens with zero attached hydrogens (tertiary/aromatic N) is 3. The number of amides is 2. The molecule has 0 saturated carbocycles. The number of hydrogen-bond donors (Lipinski definition) is 1. The molecule has 0 aliphatic carbocycles. The van der Waals surface area contributed by atoms with Gasteiger partial charge in [0.25, 0.3) is 11.8 Å². The summed E-state index contributed by atoms with van der Waals surface area (Å²) >= 11 is 4.74. The largest absolute Gasteiger partial charge is 0.275 e. The zero-order valence-corrected chi connectivity index (χ0v) is 19.1. The monoisotopic (exact) mass is 474 g/mol. The number of carbonyl (C=O) groups is 2. The summed E-state index contributed by atoms with van der Waals surface area (Å²) in [5.74, 6) is 0.246. The molecule has 0 unspecified atom stereocenters. The van der Waals surface area contributed by atoms with Crippen molar-refractivity contribution in [2.24, 2.45) is 0 Å². The summed E-state index contributed by atoms with van der Waals surface area (Å²) in [4.78, 5) is 38.1. The molecule has 5 rings (SSSR count). The molecule has 0 fully saturated rings. The van der Waals surface area contributed by atoms with Crippen LogP contribution in [-0.2, 0) is 9.59 Å². The Morgan fingerprint density at radius 3 is 2.50 bits per heavy atom. The summed E-state index contributed by atoms with van der Waals surface area (Å²) in [7, 11) is 0. The van der Waals surface area contributed by atoms with Crippen molar-refractivity contribution in [2.45, 2.75) is 13.8 Å². The van der Waals surface area contributed by atoms with Crippen molar-refractivity contribution < 1.29 is 9.59 Å². The van der Waals surface area contributed by atoms with Crippen molar-refractivity contribution in [2.75, 3.05) is 5.43 Å². The van der Waals surface area contributed by atoms with Crippen LogP contribution in [0.3, 0.4) is 0 Å². The van der Waals surface area contributed by atoms with Crippen molar-refractivity contribution in [3.05, 3.63) is 51.6 Å². The van der Waals surface area contributed by atoms with Gasteiger partial charge in [-0.15, -0.1) is 46.4 Å². The molecule has 0 atom stereocenters. The lowest BCUT2D eigenvalue weighted by atomic mass is 10.2. The SMILES string of the molecule is CC1=CC(=O)N(Nc2nc(-c3ccc(C)s3)nc3scc(-c4cccs4)c23)C1=O.Cl. The minimum Gasteiger partial charge on any atom is -0.271 e. The van der Waals surface area contributed by atoms with E-state index in [2.05, 4.69) is 5.43 Å². The highest BCUT2D eigenvalue weighted by Gasteiger charge is 2.30. The second kappa shape index (κ2) is 7.92. The van der Waals surface area contributed by atoms with E-state index in [9.17, 15) is 9.59 Å². The van der Waals surface area contributed by atoms with E-state index in [1.807, 2.05) is 41.9 Å². The van der Waals surface area contributed by atoms with E-state index in [1.165, 1.54) is 17.4 Å². The topological polar surface area (TPSA) is 75.2 Å². The maximum Gasteiger partial charge on any atom is 0.275 e. The Morgan fingerprint density at radius 1 is 1.03 bits per heavy atom. The molecular weight excluding hydrogens is 460 g/mol. The van der Waals surface area contributed by atoms with Crippen molar-refractivity contribution in [1.29, 1.82) is 0 Å². The third-order valence-corrected chi connectivity index (χ3v) is 7.27. The van der Waals surface area contributed by atoms with Gasteiger partial charge in [0.05, 0.1) is 10.3 Å². The van der Waals surface area contributed by atoms with E-state index in [-0.39, 0.29) is 18.3 Å². The van der Waals surface area contributed by atoms with Gasteiger partial charge in [0.1, 0.15) is 4.83 Å². The van der Waals surface area contributed by atoms with E-state index in [1.54, 1.807) is 29.6 Å². The van der Waals surface area contributed by atoms with Crippen LogP contribution in [-0.4, -0.2) is 26.8 Å². The summed E-state index contributed by atoms with van der Waals surface area (Å²) in [5.41, 5.74) is 4.35. The van der Waals surface area contributed by atoms with Crippen LogP contribution in [0, 0.1) is 6.92 Å². The van der Waals surface area contributed by atoms with Gasteiger partial charge in [0.2, 0.25) is 0 Å². The van der Waals surface area contributed by atoms with Gasteiger partial charge in [-0.3, -0.25) is 15.0 Å². The normalized spacial score (nSPS) is 13.7. The van der Waals surface area contributed by atoms with E-state index in [0.29, 0.717) is 17.2 Å². The van der Waals surface area contributed by atoms with Crippen LogP contribution in [0.2, 0.25) is 0 Å². The molecule has 0 aromatic carbocycles. The predicted octanol–water partition coefficient (Wildman–Crippen LogP) is 5.52. The Labute approximate surface area is 190 Å². The average molecular weight is 475 g/mol. The molecule has 1 aliphatic heterocycles. The van der Waals surface area contributed by atoms with Crippen molar-refractivity contribution in [3.8, 4) is 21.1 Å². The second-order valence-electron chi connectivity index (χ2n) is 6.53. The summed E-state index contributed by atoms with van der Waals surface area (Å²) in [6.07, 6.45) is 1.32. The van der Waals surface area contributed by atoms with Crippen LogP contribution in [0.4, 0.5) is 5.82 Å². The zero-order chi connectivity index (χ0) is 20.1. The molecule has 4 aromatic rings. The van der Waals surface area contributed by atoms with E-state index < -0.39 is 5.91 Å². The molecule has 1 aliphatic rings. The second-order valence-corrected chi connectivity index (χ2v) is 9.62. The van der Waals surface area contributed by atoms with Gasteiger partial charge in [0, 0.05) is 32.3 Å². The number of anilines is 1. The minimum absolute atomic E-state index is 0. The lowest BCUT2D eigenvalue weighted by Crippen LogP contribution is -2.36. The van der Waals surface area contributed by atoms with E-state index >= 15 is 0 Å². The highest BCUT2D eigenvalue weighted by molar-refractivity contribution is 7.19. The summed E-state index contributed by atoms with van der Waals surface area (Å²) in [6, 6.07) is 8.02. The molecule has 30 heavy (non-hydrogen) atoms. The van der Waals surface area contributed by atoms with Crippen molar-refractivity contribution in [3.63, 3.8) is 0 Å². The number of aryl methyl sites for hydroxylation is 1. The van der Waals surface area contributed by atoms with Gasteiger partial charge in [0.15, 0.2) is 11.6 Å². The number of hydrazine groups is 1. The molecule has 0 bridgehead atoms. The first kappa shape index (κ1) is 20.7. The first-order valence-electron chi connectivity index (χ1n) is 8.74. The molecule has 10 heteroatoms. The maximum absolute atomic E-state index is 12.4. The highest BCUT2D eigenvalue weighted by atomic mass is 35.5.